The number of benzene rings is 2. The van der Waals surface area contributed by atoms with Crippen molar-refractivity contribution in [3.8, 4) is 0 Å². The molecule has 0 saturated heterocycles. The molecule has 30 heavy (non-hydrogen) atoms. The highest BCUT2D eigenvalue weighted by molar-refractivity contribution is 5.96. The minimum absolute atomic E-state index is 0.145. The summed E-state index contributed by atoms with van der Waals surface area (Å²) >= 11 is 0. The molecule has 0 spiro atoms. The first-order chi connectivity index (χ1) is 14.2. The van der Waals surface area contributed by atoms with Crippen molar-refractivity contribution in [3.63, 3.8) is 0 Å². The molecule has 6 nitrogen and oxygen atoms in total. The topological polar surface area (TPSA) is 75.7 Å². The summed E-state index contributed by atoms with van der Waals surface area (Å²) in [5.41, 5.74) is 2.85. The molecule has 7 heteroatoms. The van der Waals surface area contributed by atoms with Crippen LogP contribution in [0.25, 0.3) is 0 Å². The van der Waals surface area contributed by atoms with Crippen molar-refractivity contribution < 1.29 is 23.5 Å². The van der Waals surface area contributed by atoms with Crippen molar-refractivity contribution in [3.05, 3.63) is 65.0 Å². The average molecular weight is 414 g/mol. The number of rotatable bonds is 8. The van der Waals surface area contributed by atoms with E-state index in [1.165, 1.54) is 17.0 Å². The Bertz CT molecular complexity index is 912. The van der Waals surface area contributed by atoms with E-state index in [4.69, 9.17) is 4.74 Å². The number of ether oxygens (including phenoxy) is 1. The van der Waals surface area contributed by atoms with Crippen molar-refractivity contribution >= 4 is 23.5 Å². The van der Waals surface area contributed by atoms with Crippen LogP contribution in [0.1, 0.15) is 41.8 Å². The summed E-state index contributed by atoms with van der Waals surface area (Å²) in [5, 5.41) is 2.84. The van der Waals surface area contributed by atoms with E-state index in [-0.39, 0.29) is 24.1 Å². The van der Waals surface area contributed by atoms with Gasteiger partial charge >= 0.3 is 5.97 Å². The normalized spacial score (nSPS) is 11.5. The Morgan fingerprint density at radius 2 is 1.77 bits per heavy atom. The Labute approximate surface area is 176 Å². The Morgan fingerprint density at radius 1 is 1.10 bits per heavy atom. The molecule has 0 fully saturated rings. The van der Waals surface area contributed by atoms with Gasteiger partial charge in [-0.15, -0.1) is 0 Å². The van der Waals surface area contributed by atoms with Crippen molar-refractivity contribution in [2.75, 3.05) is 18.5 Å². The zero-order valence-electron chi connectivity index (χ0n) is 17.7. The van der Waals surface area contributed by atoms with Crippen LogP contribution in [-0.2, 0) is 14.3 Å². The van der Waals surface area contributed by atoms with Crippen LogP contribution in [-0.4, -0.2) is 41.9 Å². The number of hydrogen-bond acceptors (Lipinski definition) is 4. The molecule has 0 aliphatic heterocycles. The van der Waals surface area contributed by atoms with E-state index in [1.54, 1.807) is 6.07 Å². The van der Waals surface area contributed by atoms with Gasteiger partial charge in [0, 0.05) is 11.7 Å². The zero-order valence-corrected chi connectivity index (χ0v) is 17.7. The van der Waals surface area contributed by atoms with Gasteiger partial charge < -0.3 is 15.0 Å². The summed E-state index contributed by atoms with van der Waals surface area (Å²) in [6.07, 6.45) is 0.633. The van der Waals surface area contributed by atoms with E-state index < -0.39 is 24.3 Å². The van der Waals surface area contributed by atoms with E-state index >= 15 is 0 Å². The molecule has 0 aromatic heterocycles. The molecule has 0 bridgehead atoms. The lowest BCUT2D eigenvalue weighted by molar-refractivity contribution is -0.139. The van der Waals surface area contributed by atoms with Gasteiger partial charge in [-0.25, -0.2) is 9.18 Å². The maximum Gasteiger partial charge on any atom is 0.338 e. The van der Waals surface area contributed by atoms with Gasteiger partial charge in [-0.3, -0.25) is 9.59 Å². The van der Waals surface area contributed by atoms with Crippen molar-refractivity contribution in [2.45, 2.75) is 40.2 Å². The lowest BCUT2D eigenvalue weighted by Gasteiger charge is -2.28. The number of amides is 2. The number of nitrogens with one attached hydrogen (secondary N) is 1. The molecule has 2 rings (SSSR count). The largest absolute Gasteiger partial charge is 0.452 e. The molecule has 160 valence electrons. The summed E-state index contributed by atoms with van der Waals surface area (Å²) in [7, 11) is 0. The highest BCUT2D eigenvalue weighted by atomic mass is 19.1. The van der Waals surface area contributed by atoms with Crippen molar-refractivity contribution in [1.29, 1.82) is 0 Å². The monoisotopic (exact) mass is 414 g/mol. The Balaban J connectivity index is 2.00. The summed E-state index contributed by atoms with van der Waals surface area (Å²) in [5.74, 6) is -2.01. The molecule has 0 saturated carbocycles. The third kappa shape index (κ3) is 6.14. The third-order valence-corrected chi connectivity index (χ3v) is 5.04. The molecule has 0 aliphatic carbocycles. The van der Waals surface area contributed by atoms with E-state index in [0.717, 1.165) is 23.3 Å². The molecule has 2 aromatic carbocycles. The Kier molecular flexibility index (Phi) is 8.09. The van der Waals surface area contributed by atoms with Gasteiger partial charge in [0.2, 0.25) is 5.91 Å². The number of nitrogens with zero attached hydrogens (tertiary/aromatic N) is 1. The van der Waals surface area contributed by atoms with Gasteiger partial charge in [-0.05, 0) is 68.7 Å². The smallest absolute Gasteiger partial charge is 0.338 e. The van der Waals surface area contributed by atoms with Gasteiger partial charge in [0.1, 0.15) is 12.4 Å². The van der Waals surface area contributed by atoms with Gasteiger partial charge in [0.25, 0.3) is 5.91 Å². The fraction of sp³-hybridized carbons (Fsp3) is 0.348. The molecule has 2 aromatic rings. The van der Waals surface area contributed by atoms with Crippen molar-refractivity contribution in [1.82, 2.24) is 4.90 Å². The second-order valence-corrected chi connectivity index (χ2v) is 7.16. The predicted octanol–water partition coefficient (Wildman–Crippen LogP) is 3.87. The van der Waals surface area contributed by atoms with Crippen LogP contribution in [0.4, 0.5) is 10.1 Å². The van der Waals surface area contributed by atoms with Crippen LogP contribution in [0.5, 0.6) is 0 Å². The maximum absolute atomic E-state index is 13.0. The summed E-state index contributed by atoms with van der Waals surface area (Å²) in [6.45, 7) is 6.93. The Hall–Kier alpha value is -3.22. The van der Waals surface area contributed by atoms with Gasteiger partial charge in [-0.2, -0.15) is 0 Å². The van der Waals surface area contributed by atoms with Crippen LogP contribution in [0, 0.1) is 19.7 Å². The molecule has 2 amide bonds. The first kappa shape index (κ1) is 23.1. The maximum atomic E-state index is 13.0. The van der Waals surface area contributed by atoms with E-state index in [9.17, 15) is 18.8 Å². The fourth-order valence-corrected chi connectivity index (χ4v) is 2.82. The highest BCUT2D eigenvalue weighted by Gasteiger charge is 2.23. The van der Waals surface area contributed by atoms with E-state index in [1.807, 2.05) is 39.8 Å². The number of halogens is 1. The highest BCUT2D eigenvalue weighted by Crippen LogP contribution is 2.18. The quantitative estimate of drug-likeness (QED) is 0.666. The molecule has 1 N–H and O–H groups in total. The molecule has 0 aliphatic rings. The van der Waals surface area contributed by atoms with Gasteiger partial charge in [0.05, 0.1) is 5.56 Å². The van der Waals surface area contributed by atoms with Crippen LogP contribution >= 0.6 is 0 Å². The molecule has 0 heterocycles. The van der Waals surface area contributed by atoms with E-state index in [0.29, 0.717) is 12.1 Å². The number of hydrogen-bond donors (Lipinski definition) is 1. The molecule has 0 unspecified atom stereocenters. The van der Waals surface area contributed by atoms with Crippen LogP contribution in [0.15, 0.2) is 42.5 Å². The lowest BCUT2D eigenvalue weighted by atomic mass is 10.1. The van der Waals surface area contributed by atoms with Crippen molar-refractivity contribution in [2.24, 2.45) is 0 Å². The number of anilines is 1. The zero-order chi connectivity index (χ0) is 22.3. The number of esters is 1. The van der Waals surface area contributed by atoms with Crippen LogP contribution in [0.2, 0.25) is 0 Å². The molecule has 1 atom stereocenters. The number of carbonyl (C=O) groups excluding carboxylic acids is 3. The SMILES string of the molecule is CC[C@@H](C)N(CC(=O)Nc1cccc(C)c1C)C(=O)COC(=O)c1ccc(F)cc1. The lowest BCUT2D eigenvalue weighted by Crippen LogP contribution is -2.45. The summed E-state index contributed by atoms with van der Waals surface area (Å²) < 4.78 is 18.0. The van der Waals surface area contributed by atoms with E-state index in [2.05, 4.69) is 5.32 Å². The minimum Gasteiger partial charge on any atom is -0.452 e. The van der Waals surface area contributed by atoms with Gasteiger partial charge in [-0.1, -0.05) is 19.1 Å². The second kappa shape index (κ2) is 10.5. The van der Waals surface area contributed by atoms with Crippen LogP contribution < -0.4 is 5.32 Å². The second-order valence-electron chi connectivity index (χ2n) is 7.16. The number of aryl methyl sites for hydroxylation is 1. The molecular weight excluding hydrogens is 387 g/mol. The molecule has 0 radical (unpaired) electrons. The predicted molar refractivity (Wildman–Crippen MR) is 113 cm³/mol. The third-order valence-electron chi connectivity index (χ3n) is 5.04. The average Bonchev–Trinajstić information content (AvgIpc) is 2.73. The number of carbonyl (C=O) groups is 3. The standard InChI is InChI=1S/C23H27FN2O4/c1-5-16(3)26(13-21(27)25-20-8-6-7-15(2)17(20)4)22(28)14-30-23(29)18-9-11-19(24)12-10-18/h6-12,16H,5,13-14H2,1-4H3,(H,25,27)/t16-/m1/s1. The van der Waals surface area contributed by atoms with Crippen LogP contribution in [0.3, 0.4) is 0 Å². The Morgan fingerprint density at radius 3 is 2.40 bits per heavy atom. The minimum atomic E-state index is -0.729. The van der Waals surface area contributed by atoms with Gasteiger partial charge in [0.15, 0.2) is 6.61 Å². The summed E-state index contributed by atoms with van der Waals surface area (Å²) in [4.78, 5) is 38.7. The fourth-order valence-electron chi connectivity index (χ4n) is 2.82. The summed E-state index contributed by atoms with van der Waals surface area (Å²) in [6, 6.07) is 10.2. The molecular formula is C23H27FN2O4. The first-order valence-corrected chi connectivity index (χ1v) is 9.81. The first-order valence-electron chi connectivity index (χ1n) is 9.81.